The molecular formula is C19H32F2IN3O2. The molecule has 1 aromatic carbocycles. The predicted molar refractivity (Wildman–Crippen MR) is 116 cm³/mol. The second-order valence-electron chi connectivity index (χ2n) is 6.22. The molecule has 27 heavy (non-hydrogen) atoms. The van der Waals surface area contributed by atoms with E-state index in [1.54, 1.807) is 18.2 Å². The number of nitrogens with one attached hydrogen (secondary N) is 2. The van der Waals surface area contributed by atoms with Crippen LogP contribution in [0.2, 0.25) is 0 Å². The van der Waals surface area contributed by atoms with E-state index in [1.807, 2.05) is 6.92 Å². The summed E-state index contributed by atoms with van der Waals surface area (Å²) in [6.45, 7) is 5.07. The van der Waals surface area contributed by atoms with Gasteiger partial charge in [0.1, 0.15) is 5.75 Å². The molecule has 156 valence electrons. The van der Waals surface area contributed by atoms with Gasteiger partial charge in [0.05, 0.1) is 6.54 Å². The fourth-order valence-electron chi connectivity index (χ4n) is 2.80. The first-order chi connectivity index (χ1) is 12.5. The zero-order valence-electron chi connectivity index (χ0n) is 16.3. The van der Waals surface area contributed by atoms with Crippen LogP contribution >= 0.6 is 24.0 Å². The molecule has 0 atom stereocenters. The molecule has 1 rings (SSSR count). The van der Waals surface area contributed by atoms with Crippen molar-refractivity contribution >= 4 is 29.9 Å². The highest BCUT2D eigenvalue weighted by atomic mass is 127. The zero-order valence-corrected chi connectivity index (χ0v) is 18.6. The van der Waals surface area contributed by atoms with Crippen molar-refractivity contribution in [1.82, 2.24) is 10.6 Å². The van der Waals surface area contributed by atoms with Gasteiger partial charge in [-0.05, 0) is 37.7 Å². The van der Waals surface area contributed by atoms with E-state index in [2.05, 4.69) is 34.2 Å². The number of hydrogen-bond acceptors (Lipinski definition) is 3. The van der Waals surface area contributed by atoms with E-state index >= 15 is 0 Å². The third-order valence-electron chi connectivity index (χ3n) is 4.71. The maximum absolute atomic E-state index is 12.5. The Bertz CT molecular complexity index is 556. The molecule has 0 bridgehead atoms. The quantitative estimate of drug-likeness (QED) is 0.243. The number of aliphatic hydroxyl groups is 1. The van der Waals surface area contributed by atoms with Gasteiger partial charge in [-0.2, -0.15) is 8.78 Å². The minimum atomic E-state index is -2.86. The molecule has 0 aliphatic carbocycles. The summed E-state index contributed by atoms with van der Waals surface area (Å²) in [4.78, 5) is 4.49. The number of aliphatic imine (C=N–C) groups is 1. The van der Waals surface area contributed by atoms with Crippen LogP contribution in [-0.4, -0.2) is 37.4 Å². The summed E-state index contributed by atoms with van der Waals surface area (Å²) in [6, 6.07) is 6.65. The lowest BCUT2D eigenvalue weighted by Crippen LogP contribution is -2.43. The molecule has 0 aliphatic rings. The van der Waals surface area contributed by atoms with Gasteiger partial charge in [-0.15, -0.1) is 24.0 Å². The Kier molecular flexibility index (Phi) is 13.3. The van der Waals surface area contributed by atoms with Crippen molar-refractivity contribution in [3.05, 3.63) is 29.8 Å². The third-order valence-corrected chi connectivity index (χ3v) is 4.71. The smallest absolute Gasteiger partial charge is 0.387 e. The maximum atomic E-state index is 12.5. The Balaban J connectivity index is 0.00000676. The first-order valence-electron chi connectivity index (χ1n) is 9.16. The number of alkyl halides is 2. The number of hydrogen-bond donors (Lipinski definition) is 3. The van der Waals surface area contributed by atoms with Crippen molar-refractivity contribution < 1.29 is 18.6 Å². The van der Waals surface area contributed by atoms with Gasteiger partial charge in [-0.25, -0.2) is 4.99 Å². The molecule has 0 heterocycles. The molecule has 0 saturated carbocycles. The maximum Gasteiger partial charge on any atom is 0.387 e. The molecule has 0 radical (unpaired) electrons. The Morgan fingerprint density at radius 2 is 1.85 bits per heavy atom. The number of rotatable bonds is 11. The summed E-state index contributed by atoms with van der Waals surface area (Å²) >= 11 is 0. The molecule has 3 N–H and O–H groups in total. The zero-order chi connectivity index (χ0) is 19.4. The van der Waals surface area contributed by atoms with E-state index in [0.29, 0.717) is 24.6 Å². The number of benzene rings is 1. The number of para-hydroxylation sites is 1. The van der Waals surface area contributed by atoms with Gasteiger partial charge in [0.15, 0.2) is 5.96 Å². The van der Waals surface area contributed by atoms with Crippen molar-refractivity contribution in [3.8, 4) is 5.75 Å². The fraction of sp³-hybridized carbons (Fsp3) is 0.632. The minimum absolute atomic E-state index is 0. The summed E-state index contributed by atoms with van der Waals surface area (Å²) in [7, 11) is 0. The van der Waals surface area contributed by atoms with E-state index < -0.39 is 6.61 Å². The number of halogens is 3. The average molecular weight is 499 g/mol. The van der Waals surface area contributed by atoms with Gasteiger partial charge in [0.25, 0.3) is 0 Å². The number of ether oxygens (including phenoxy) is 1. The van der Waals surface area contributed by atoms with Crippen LogP contribution in [0.1, 0.15) is 45.6 Å². The van der Waals surface area contributed by atoms with Gasteiger partial charge in [0.2, 0.25) is 0 Å². The Morgan fingerprint density at radius 1 is 1.19 bits per heavy atom. The molecule has 0 aliphatic heterocycles. The third kappa shape index (κ3) is 9.05. The van der Waals surface area contributed by atoms with Gasteiger partial charge in [-0.1, -0.05) is 32.0 Å². The standard InChI is InChI=1S/C19H31F2N3O2.HI/c1-4-19(5-2,11-12-25)14-24-18(22-6-3)23-13-15-9-7-8-10-16(15)26-17(20)21;/h7-10,17,25H,4-6,11-14H2,1-3H3,(H2,22,23,24);1H. The normalized spacial score (nSPS) is 11.9. The highest BCUT2D eigenvalue weighted by Crippen LogP contribution is 2.29. The molecule has 0 saturated heterocycles. The summed E-state index contributed by atoms with van der Waals surface area (Å²) in [5, 5.41) is 15.8. The van der Waals surface area contributed by atoms with Crippen molar-refractivity contribution in [2.24, 2.45) is 10.4 Å². The molecule has 1 aromatic rings. The lowest BCUT2D eigenvalue weighted by molar-refractivity contribution is -0.0504. The van der Waals surface area contributed by atoms with Crippen molar-refractivity contribution in [3.63, 3.8) is 0 Å². The first kappa shape index (κ1) is 25.8. The molecule has 5 nitrogen and oxygen atoms in total. The Morgan fingerprint density at radius 3 is 2.41 bits per heavy atom. The summed E-state index contributed by atoms with van der Waals surface area (Å²) in [5.41, 5.74) is 0.597. The van der Waals surface area contributed by atoms with Crippen LogP contribution in [0.15, 0.2) is 29.3 Å². The minimum Gasteiger partial charge on any atom is -0.434 e. The topological polar surface area (TPSA) is 65.9 Å². The van der Waals surface area contributed by atoms with Crippen LogP contribution in [0, 0.1) is 5.41 Å². The van der Waals surface area contributed by atoms with Gasteiger partial charge in [-0.3, -0.25) is 0 Å². The van der Waals surface area contributed by atoms with Crippen LogP contribution in [0.3, 0.4) is 0 Å². The van der Waals surface area contributed by atoms with Gasteiger partial charge >= 0.3 is 6.61 Å². The van der Waals surface area contributed by atoms with E-state index in [0.717, 1.165) is 19.3 Å². The summed E-state index contributed by atoms with van der Waals surface area (Å²) < 4.78 is 29.6. The van der Waals surface area contributed by atoms with E-state index in [-0.39, 0.29) is 48.3 Å². The Hall–Kier alpha value is -1.16. The number of guanidine groups is 1. The lowest BCUT2D eigenvalue weighted by atomic mass is 9.79. The van der Waals surface area contributed by atoms with Crippen molar-refractivity contribution in [2.75, 3.05) is 19.7 Å². The monoisotopic (exact) mass is 499 g/mol. The molecule has 0 fully saturated rings. The van der Waals surface area contributed by atoms with Gasteiger partial charge in [0, 0.05) is 25.3 Å². The molecule has 0 amide bonds. The number of nitrogens with zero attached hydrogens (tertiary/aromatic N) is 1. The summed E-state index contributed by atoms with van der Waals surface area (Å²) in [5.74, 6) is 0.752. The predicted octanol–water partition coefficient (Wildman–Crippen LogP) is 4.15. The van der Waals surface area contributed by atoms with Gasteiger partial charge < -0.3 is 20.5 Å². The van der Waals surface area contributed by atoms with E-state index in [9.17, 15) is 13.9 Å². The Labute approximate surface area is 178 Å². The SMILES string of the molecule is CCNC(=NCc1ccccc1OC(F)F)NCC(CC)(CC)CCO.I. The molecule has 8 heteroatoms. The molecule has 0 spiro atoms. The van der Waals surface area contributed by atoms with Crippen LogP contribution in [0.4, 0.5) is 8.78 Å². The lowest BCUT2D eigenvalue weighted by Gasteiger charge is -2.32. The van der Waals surface area contributed by atoms with Crippen LogP contribution in [0.5, 0.6) is 5.75 Å². The largest absolute Gasteiger partial charge is 0.434 e. The van der Waals surface area contributed by atoms with Crippen LogP contribution < -0.4 is 15.4 Å². The summed E-state index contributed by atoms with van der Waals surface area (Å²) in [6.07, 6.45) is 2.61. The average Bonchev–Trinajstić information content (AvgIpc) is 2.63. The van der Waals surface area contributed by atoms with Crippen molar-refractivity contribution in [2.45, 2.75) is 53.2 Å². The van der Waals surface area contributed by atoms with Crippen molar-refractivity contribution in [1.29, 1.82) is 0 Å². The van der Waals surface area contributed by atoms with Crippen LogP contribution in [0.25, 0.3) is 0 Å². The molecular weight excluding hydrogens is 467 g/mol. The fourth-order valence-corrected chi connectivity index (χ4v) is 2.80. The highest BCUT2D eigenvalue weighted by molar-refractivity contribution is 14.0. The van der Waals surface area contributed by atoms with Crippen LogP contribution in [-0.2, 0) is 6.54 Å². The number of aliphatic hydroxyl groups excluding tert-OH is 1. The second kappa shape index (κ2) is 13.9. The highest BCUT2D eigenvalue weighted by Gasteiger charge is 2.25. The molecule has 0 aromatic heterocycles. The van der Waals surface area contributed by atoms with E-state index in [1.165, 1.54) is 6.07 Å². The molecule has 0 unspecified atom stereocenters. The van der Waals surface area contributed by atoms with E-state index in [4.69, 9.17) is 0 Å². The second-order valence-corrected chi connectivity index (χ2v) is 6.22. The first-order valence-corrected chi connectivity index (χ1v) is 9.16.